The predicted octanol–water partition coefficient (Wildman–Crippen LogP) is 10.4. The lowest BCUT2D eigenvalue weighted by Gasteiger charge is -2.33. The molecule has 0 spiro atoms. The highest BCUT2D eigenvalue weighted by Gasteiger charge is 2.31. The molecule has 33 heteroatoms. The summed E-state index contributed by atoms with van der Waals surface area (Å²) in [5.74, 6) is 5.97. The zero-order valence-corrected chi connectivity index (χ0v) is 62.2. The number of imidazole rings is 3. The number of amides is 3. The molecule has 9 aromatic rings. The van der Waals surface area contributed by atoms with Crippen LogP contribution < -0.4 is 45.6 Å². The number of nitrogens with two attached hydrogens (primary N) is 3. The van der Waals surface area contributed by atoms with Crippen molar-refractivity contribution in [2.75, 3.05) is 103 Å². The van der Waals surface area contributed by atoms with Crippen molar-refractivity contribution in [3.05, 3.63) is 88.3 Å². The number of hydrogen-bond donors (Lipinski definition) is 6. The summed E-state index contributed by atoms with van der Waals surface area (Å²) in [6.07, 6.45) is 11.5. The van der Waals surface area contributed by atoms with Gasteiger partial charge in [0.25, 0.3) is 11.8 Å². The quantitative estimate of drug-likeness (QED) is 0.0465. The molecule has 9 N–H and O–H groups in total. The van der Waals surface area contributed by atoms with E-state index in [1.54, 1.807) is 51.5 Å². The van der Waals surface area contributed by atoms with E-state index in [9.17, 15) is 24.6 Å². The van der Waals surface area contributed by atoms with Crippen LogP contribution in [0.25, 0.3) is 33.1 Å². The van der Waals surface area contributed by atoms with E-state index in [0.717, 1.165) is 124 Å². The summed E-state index contributed by atoms with van der Waals surface area (Å²) >= 11 is 24.1. The third kappa shape index (κ3) is 17.1. The summed E-state index contributed by atoms with van der Waals surface area (Å²) in [6, 6.07) is 16.8. The van der Waals surface area contributed by atoms with Crippen LogP contribution in [-0.4, -0.2) is 189 Å². The number of anilines is 3. The van der Waals surface area contributed by atoms with Gasteiger partial charge in [-0.15, -0.1) is 0 Å². The molecule has 6 aliphatic heterocycles. The zero-order chi connectivity index (χ0) is 72.7. The van der Waals surface area contributed by atoms with Gasteiger partial charge < -0.3 is 89.3 Å². The molecule has 3 amide bonds. The number of aromatic nitrogens is 9. The van der Waals surface area contributed by atoms with Crippen LogP contribution >= 0.6 is 70.1 Å². The van der Waals surface area contributed by atoms with Gasteiger partial charge in [-0.25, -0.2) is 29.9 Å². The Labute approximate surface area is 627 Å². The first-order valence-electron chi connectivity index (χ1n) is 34.8. The summed E-state index contributed by atoms with van der Waals surface area (Å²) < 4.78 is 40.6. The lowest BCUT2D eigenvalue weighted by atomic mass is 9.93. The van der Waals surface area contributed by atoms with E-state index < -0.39 is 18.8 Å². The molecule has 0 unspecified atom stereocenters. The largest absolute Gasteiger partial charge is 0.486 e. The number of hydrogen-bond acceptors (Lipinski definition) is 24. The zero-order valence-electron chi connectivity index (χ0n) is 57.5. The van der Waals surface area contributed by atoms with Crippen molar-refractivity contribution in [3.8, 4) is 34.5 Å². The summed E-state index contributed by atoms with van der Waals surface area (Å²) in [6.45, 7) is 11.9. The van der Waals surface area contributed by atoms with E-state index in [1.165, 1.54) is 49.1 Å². The monoisotopic (exact) mass is 1540 g/mol. The Morgan fingerprint density at radius 2 is 0.731 bits per heavy atom. The number of pyridine rings is 3. The van der Waals surface area contributed by atoms with Crippen molar-refractivity contribution in [1.29, 1.82) is 0 Å². The standard InChI is InChI=1S/2C24H28ClN5O4S.C23H26ClN5O4S/c2*1-14(31)23(32)29-7-3-15(4-8-29)5-9-30-17-2-6-27-22(26)21(17)28-24(30)35-20-13-19-18(12-16(20)25)33-10-11-34-19;24-15-11-17-18(33-10-9-32-17)12-19(15)34-23-27-21-16(1-5-26-22(21)25)29(23)8-4-14-2-6-28(7-3-14)20(31)13-30/h2*2,6,12-15,31H,3-5,7-11H2,1H3,(H2,26,27);1,5,11-12,14,30H,2-4,6-10,13H2,(H2,25,26)/t2*14-;/m10./s1. The van der Waals surface area contributed by atoms with E-state index in [4.69, 9.17) is 100 Å². The molecule has 3 fully saturated rings. The number of rotatable bonds is 18. The number of halogens is 3. The van der Waals surface area contributed by atoms with Crippen LogP contribution in [0.1, 0.15) is 71.6 Å². The van der Waals surface area contributed by atoms with Gasteiger partial charge in [-0.05, 0) is 161 Å². The van der Waals surface area contributed by atoms with Gasteiger partial charge in [-0.3, -0.25) is 14.4 Å². The highest BCUT2D eigenvalue weighted by molar-refractivity contribution is 7.99. The van der Waals surface area contributed by atoms with E-state index in [2.05, 4.69) is 28.7 Å². The molecule has 0 aliphatic carbocycles. The van der Waals surface area contributed by atoms with Crippen molar-refractivity contribution in [2.24, 2.45) is 17.8 Å². The van der Waals surface area contributed by atoms with Crippen molar-refractivity contribution in [3.63, 3.8) is 0 Å². The van der Waals surface area contributed by atoms with Gasteiger partial charge in [-0.2, -0.15) is 0 Å². The number of carbonyl (C=O) groups is 3. The fraction of sp³-hybridized carbons (Fsp3) is 0.451. The van der Waals surface area contributed by atoms with E-state index in [1.807, 2.05) is 36.4 Å². The highest BCUT2D eigenvalue weighted by Crippen LogP contribution is 2.47. The maximum atomic E-state index is 12.1. The molecule has 0 saturated carbocycles. The Morgan fingerprint density at radius 1 is 0.462 bits per heavy atom. The van der Waals surface area contributed by atoms with Crippen LogP contribution in [0.15, 0.2) is 103 Å². The predicted molar refractivity (Wildman–Crippen MR) is 398 cm³/mol. The number of fused-ring (bicyclic) bond motifs is 6. The van der Waals surface area contributed by atoms with Crippen LogP contribution in [0.5, 0.6) is 34.5 Å². The van der Waals surface area contributed by atoms with E-state index in [-0.39, 0.29) is 17.7 Å². The number of benzene rings is 3. The smallest absolute Gasteiger partial charge is 0.251 e. The average molecular weight is 1540 g/mol. The Kier molecular flexibility index (Phi) is 24.0. The second kappa shape index (κ2) is 33.6. The van der Waals surface area contributed by atoms with Gasteiger partial charge in [-0.1, -0.05) is 34.8 Å². The Hall–Kier alpha value is -8.07. The van der Waals surface area contributed by atoms with Gasteiger partial charge in [0.1, 0.15) is 75.0 Å². The van der Waals surface area contributed by atoms with Crippen LogP contribution in [0.3, 0.4) is 0 Å². The number of nitrogen functional groups attached to an aromatic ring is 3. The second-order valence-corrected chi connectivity index (χ2v) is 30.4. The molecule has 6 aromatic heterocycles. The summed E-state index contributed by atoms with van der Waals surface area (Å²) in [5, 5.41) is 32.3. The van der Waals surface area contributed by atoms with E-state index >= 15 is 0 Å². The molecule has 12 heterocycles. The number of likely N-dealkylation sites (tertiary alicyclic amines) is 3. The van der Waals surface area contributed by atoms with Crippen molar-refractivity contribution in [1.82, 2.24) is 58.3 Å². The van der Waals surface area contributed by atoms with Crippen molar-refractivity contribution < 1.29 is 58.1 Å². The molecular weight excluding hydrogens is 1460 g/mol. The number of carbonyl (C=O) groups excluding carboxylic acids is 3. The number of aryl methyl sites for hydroxylation is 3. The molecular formula is C71H82Cl3N15O12S3. The number of piperidine rings is 3. The fourth-order valence-electron chi connectivity index (χ4n) is 13.6. The normalized spacial score (nSPS) is 16.8. The third-order valence-corrected chi connectivity index (χ3v) is 23.8. The number of ether oxygens (including phenoxy) is 6. The molecule has 3 saturated heterocycles. The highest BCUT2D eigenvalue weighted by atomic mass is 35.5. The molecule has 552 valence electrons. The van der Waals surface area contributed by atoms with Gasteiger partial charge in [0, 0.05) is 110 Å². The van der Waals surface area contributed by atoms with Crippen LogP contribution in [0, 0.1) is 17.8 Å². The first-order chi connectivity index (χ1) is 50.3. The minimum atomic E-state index is -0.949. The summed E-state index contributed by atoms with van der Waals surface area (Å²) in [7, 11) is 0. The molecule has 104 heavy (non-hydrogen) atoms. The molecule has 0 radical (unpaired) electrons. The topological polar surface area (TPSA) is 347 Å². The molecule has 2 atom stereocenters. The molecule has 0 bridgehead atoms. The van der Waals surface area contributed by atoms with Gasteiger partial charge in [0.05, 0.1) is 31.6 Å². The van der Waals surface area contributed by atoms with Crippen LogP contribution in [-0.2, 0) is 34.0 Å². The van der Waals surface area contributed by atoms with Crippen molar-refractivity contribution >= 4 is 138 Å². The Bertz CT molecular complexity index is 4410. The molecule has 15 rings (SSSR count). The molecule has 27 nitrogen and oxygen atoms in total. The van der Waals surface area contributed by atoms with Crippen molar-refractivity contribution in [2.45, 2.75) is 134 Å². The van der Waals surface area contributed by atoms with Gasteiger partial charge >= 0.3 is 0 Å². The first-order valence-corrected chi connectivity index (χ1v) is 38.4. The number of nitrogens with zero attached hydrogens (tertiary/aromatic N) is 12. The minimum Gasteiger partial charge on any atom is -0.486 e. The first kappa shape index (κ1) is 74.2. The molecule has 6 aliphatic rings. The number of aliphatic hydroxyl groups is 3. The average Bonchev–Trinajstić information content (AvgIpc) is 1.64. The van der Waals surface area contributed by atoms with Crippen LogP contribution in [0.4, 0.5) is 17.5 Å². The Morgan fingerprint density at radius 3 is 1.00 bits per heavy atom. The summed E-state index contributed by atoms with van der Waals surface area (Å²) in [4.78, 5) is 70.6. The molecule has 3 aromatic carbocycles. The lowest BCUT2D eigenvalue weighted by Crippen LogP contribution is -2.43. The van der Waals surface area contributed by atoms with E-state index in [0.29, 0.717) is 180 Å². The fourth-order valence-corrected chi connectivity index (χ4v) is 17.3. The SMILES string of the molecule is C[C@@H](O)C(=O)N1CCC(CCn2c(Sc3cc4c(cc3Cl)OCCO4)nc3c(N)nccc32)CC1.C[C@H](O)C(=O)N1CCC(CCn2c(Sc3cc4c(cc3Cl)OCCO4)nc3c(N)nccc32)CC1.Nc1nccc2c1nc(Sc1cc3c(cc1Cl)OCCO3)n2CCC1CCN(C(=O)CO)CC1. The van der Waals surface area contributed by atoms with Crippen LogP contribution in [0.2, 0.25) is 15.1 Å². The Balaban J connectivity index is 0.000000139. The maximum absolute atomic E-state index is 12.1. The van der Waals surface area contributed by atoms with Gasteiger partial charge in [0.15, 0.2) is 67.4 Å². The third-order valence-electron chi connectivity index (χ3n) is 19.3. The lowest BCUT2D eigenvalue weighted by molar-refractivity contribution is -0.141. The minimum absolute atomic E-state index is 0.193. The maximum Gasteiger partial charge on any atom is 0.251 e. The van der Waals surface area contributed by atoms with Gasteiger partial charge in [0.2, 0.25) is 5.91 Å². The summed E-state index contributed by atoms with van der Waals surface area (Å²) in [5.41, 5.74) is 23.2. The second-order valence-electron chi connectivity index (χ2n) is 26.2. The number of aliphatic hydroxyl groups excluding tert-OH is 3.